The predicted molar refractivity (Wildman–Crippen MR) is 72.1 cm³/mol. The minimum atomic E-state index is -1.22. The van der Waals surface area contributed by atoms with Crippen LogP contribution in [0.2, 0.25) is 0 Å². The van der Waals surface area contributed by atoms with E-state index in [1.807, 2.05) is 6.92 Å². The minimum Gasteiger partial charge on any atom is -0.435 e. The van der Waals surface area contributed by atoms with Gasteiger partial charge in [-0.2, -0.15) is 0 Å². The molecule has 7 heteroatoms. The van der Waals surface area contributed by atoms with Crippen LogP contribution in [0.3, 0.4) is 0 Å². The van der Waals surface area contributed by atoms with E-state index in [2.05, 4.69) is 0 Å². The summed E-state index contributed by atoms with van der Waals surface area (Å²) >= 11 is 0. The summed E-state index contributed by atoms with van der Waals surface area (Å²) in [6.07, 6.45) is -0.387. The Hall–Kier alpha value is -1.18. The maximum Gasteiger partial charge on any atom is 0.305 e. The van der Waals surface area contributed by atoms with Crippen molar-refractivity contribution in [1.82, 2.24) is 0 Å². The number of carbonyl (C=O) groups excluding carboxylic acids is 2. The van der Waals surface area contributed by atoms with Crippen molar-refractivity contribution in [3.8, 4) is 0 Å². The Morgan fingerprint density at radius 2 is 1.86 bits per heavy atom. The fourth-order valence-electron chi connectivity index (χ4n) is 4.22. The van der Waals surface area contributed by atoms with E-state index < -0.39 is 47.2 Å². The molecule has 0 aromatic carbocycles. The molecule has 124 valence electrons. The summed E-state index contributed by atoms with van der Waals surface area (Å²) in [5.74, 6) is -2.76. The van der Waals surface area contributed by atoms with Crippen molar-refractivity contribution in [2.75, 3.05) is 0 Å². The summed E-state index contributed by atoms with van der Waals surface area (Å²) in [6, 6.07) is 0. The summed E-state index contributed by atoms with van der Waals surface area (Å²) in [4.78, 5) is 23.0. The molecule has 7 nitrogen and oxygen atoms in total. The predicted octanol–water partition coefficient (Wildman–Crippen LogP) is 1.08. The highest BCUT2D eigenvalue weighted by Gasteiger charge is 2.73. The van der Waals surface area contributed by atoms with Gasteiger partial charge >= 0.3 is 11.9 Å². The maximum absolute atomic E-state index is 11.6. The third-order valence-corrected chi connectivity index (χ3v) is 5.43. The first-order chi connectivity index (χ1) is 10.1. The average molecular weight is 314 g/mol. The Morgan fingerprint density at radius 3 is 2.45 bits per heavy atom. The molecule has 4 aliphatic rings. The third-order valence-electron chi connectivity index (χ3n) is 5.43. The highest BCUT2D eigenvalue weighted by molar-refractivity contribution is 5.67. The first-order valence-electron chi connectivity index (χ1n) is 7.52. The van der Waals surface area contributed by atoms with Crippen molar-refractivity contribution < 1.29 is 33.6 Å². The topological polar surface area (TPSA) is 91.3 Å². The van der Waals surface area contributed by atoms with Gasteiger partial charge in [0.2, 0.25) is 12.1 Å². The van der Waals surface area contributed by atoms with Crippen molar-refractivity contribution in [3.63, 3.8) is 0 Å². The molecule has 4 bridgehead atoms. The Bertz CT molecular complexity index is 516. The molecule has 0 aromatic rings. The molecule has 3 heterocycles. The van der Waals surface area contributed by atoms with Gasteiger partial charge in [0.05, 0.1) is 11.5 Å². The number of fused-ring (bicyclic) bond motifs is 1. The van der Waals surface area contributed by atoms with Gasteiger partial charge in [0.1, 0.15) is 0 Å². The molecule has 1 saturated carbocycles. The zero-order valence-electron chi connectivity index (χ0n) is 13.3. The van der Waals surface area contributed by atoms with E-state index in [-0.39, 0.29) is 0 Å². The zero-order chi connectivity index (χ0) is 16.3. The molecule has 3 aliphatic heterocycles. The van der Waals surface area contributed by atoms with Crippen LogP contribution in [0.1, 0.15) is 47.0 Å². The summed E-state index contributed by atoms with van der Waals surface area (Å²) < 4.78 is 22.3. The largest absolute Gasteiger partial charge is 0.435 e. The van der Waals surface area contributed by atoms with E-state index in [1.165, 1.54) is 13.8 Å². The number of aliphatic hydroxyl groups is 1. The smallest absolute Gasteiger partial charge is 0.305 e. The van der Waals surface area contributed by atoms with Crippen molar-refractivity contribution in [2.24, 2.45) is 11.3 Å². The highest BCUT2D eigenvalue weighted by Crippen LogP contribution is 2.64. The van der Waals surface area contributed by atoms with Crippen LogP contribution in [0.15, 0.2) is 0 Å². The van der Waals surface area contributed by atoms with Crippen LogP contribution in [-0.4, -0.2) is 41.0 Å². The lowest BCUT2D eigenvalue weighted by atomic mass is 9.52. The van der Waals surface area contributed by atoms with Gasteiger partial charge in [-0.3, -0.25) is 9.59 Å². The standard InChI is InChI=1S/C15H22O7/c1-8(16)19-12-11-13(3)7-10(20-12)22-15(11,21-9(2)17)6-5-14(13,4)18/h10-12,18H,5-7H2,1-4H3/t10-,11?,12-,13+,14+,15+/m1/s1. The first-order valence-corrected chi connectivity index (χ1v) is 7.52. The average Bonchev–Trinajstić information content (AvgIpc) is 2.32. The van der Waals surface area contributed by atoms with Crippen LogP contribution < -0.4 is 0 Å². The highest BCUT2D eigenvalue weighted by atomic mass is 16.8. The molecule has 1 N–H and O–H groups in total. The van der Waals surface area contributed by atoms with Crippen molar-refractivity contribution in [1.29, 1.82) is 0 Å². The lowest BCUT2D eigenvalue weighted by Crippen LogP contribution is -2.75. The van der Waals surface area contributed by atoms with E-state index in [1.54, 1.807) is 6.92 Å². The molecule has 6 atom stereocenters. The molecule has 3 saturated heterocycles. The molecule has 0 amide bonds. The number of hydrogen-bond donors (Lipinski definition) is 1. The van der Waals surface area contributed by atoms with Gasteiger partial charge < -0.3 is 24.1 Å². The number of ether oxygens (including phenoxy) is 4. The Labute approximate surface area is 128 Å². The number of carbonyl (C=O) groups is 2. The van der Waals surface area contributed by atoms with E-state index in [0.29, 0.717) is 19.3 Å². The van der Waals surface area contributed by atoms with Gasteiger partial charge in [-0.15, -0.1) is 0 Å². The van der Waals surface area contributed by atoms with E-state index >= 15 is 0 Å². The zero-order valence-corrected chi connectivity index (χ0v) is 13.3. The second-order valence-corrected chi connectivity index (χ2v) is 6.94. The van der Waals surface area contributed by atoms with Crippen molar-refractivity contribution in [2.45, 2.75) is 70.9 Å². The van der Waals surface area contributed by atoms with Crippen LogP contribution in [0.25, 0.3) is 0 Å². The van der Waals surface area contributed by atoms with Gasteiger partial charge in [0.15, 0.2) is 6.29 Å². The summed E-state index contributed by atoms with van der Waals surface area (Å²) in [7, 11) is 0. The molecule has 4 fully saturated rings. The number of esters is 2. The second kappa shape index (κ2) is 4.66. The molecule has 0 radical (unpaired) electrons. The molecule has 22 heavy (non-hydrogen) atoms. The molecule has 0 spiro atoms. The maximum atomic E-state index is 11.6. The first kappa shape index (κ1) is 15.7. The monoisotopic (exact) mass is 314 g/mol. The van der Waals surface area contributed by atoms with Crippen LogP contribution in [0.5, 0.6) is 0 Å². The SMILES string of the molecule is CC(=O)O[C@@H]1O[C@H]2C[C@@]3(C)C1[C@](OC(C)=O)(CC[C@]3(C)O)O2. The molecular formula is C15H22O7. The fraction of sp³-hybridized carbons (Fsp3) is 0.867. The lowest BCUT2D eigenvalue weighted by molar-refractivity contribution is -0.483. The quantitative estimate of drug-likeness (QED) is 0.762. The van der Waals surface area contributed by atoms with Crippen LogP contribution in [0.4, 0.5) is 0 Å². The van der Waals surface area contributed by atoms with E-state index in [4.69, 9.17) is 18.9 Å². The Kier molecular flexibility index (Phi) is 3.33. The third kappa shape index (κ3) is 2.06. The summed E-state index contributed by atoms with van der Waals surface area (Å²) in [5.41, 5.74) is -1.65. The van der Waals surface area contributed by atoms with Crippen LogP contribution in [0, 0.1) is 11.3 Å². The second-order valence-electron chi connectivity index (χ2n) is 6.94. The molecular weight excluding hydrogens is 292 g/mol. The van der Waals surface area contributed by atoms with Gasteiger partial charge in [-0.1, -0.05) is 6.92 Å². The number of rotatable bonds is 2. The van der Waals surface area contributed by atoms with Crippen molar-refractivity contribution in [3.05, 3.63) is 0 Å². The Balaban J connectivity index is 2.05. The molecule has 0 aromatic heterocycles. The molecule has 1 unspecified atom stereocenters. The van der Waals surface area contributed by atoms with Gasteiger partial charge in [-0.25, -0.2) is 0 Å². The lowest BCUT2D eigenvalue weighted by Gasteiger charge is -2.66. The molecule has 4 rings (SSSR count). The fourth-order valence-corrected chi connectivity index (χ4v) is 4.22. The van der Waals surface area contributed by atoms with Gasteiger partial charge in [0.25, 0.3) is 0 Å². The van der Waals surface area contributed by atoms with Crippen LogP contribution in [-0.2, 0) is 28.5 Å². The van der Waals surface area contributed by atoms with Crippen LogP contribution >= 0.6 is 0 Å². The summed E-state index contributed by atoms with van der Waals surface area (Å²) in [6.45, 7) is 6.27. The molecule has 1 aliphatic carbocycles. The Morgan fingerprint density at radius 1 is 1.18 bits per heavy atom. The van der Waals surface area contributed by atoms with E-state index in [9.17, 15) is 14.7 Å². The summed E-state index contributed by atoms with van der Waals surface area (Å²) in [5, 5.41) is 10.9. The van der Waals surface area contributed by atoms with Gasteiger partial charge in [-0.05, 0) is 13.3 Å². The minimum absolute atomic E-state index is 0.331. The van der Waals surface area contributed by atoms with Crippen molar-refractivity contribution >= 4 is 11.9 Å². The van der Waals surface area contributed by atoms with Gasteiger partial charge in [0, 0.05) is 32.1 Å². The van der Waals surface area contributed by atoms with E-state index in [0.717, 1.165) is 0 Å². The normalized spacial score (nSPS) is 49.6. The number of hydrogen-bond acceptors (Lipinski definition) is 7.